The topological polar surface area (TPSA) is 129 Å². The van der Waals surface area contributed by atoms with E-state index >= 15 is 0 Å². The standard InChI is InChI=1S/C23H22N4O5/c1-2-23(30)17-9-19-20-15(11-27(19)21(28)16(17)12-31-22(23)29)8-14-7-13(3-4-18(14)26-20)10-25-32-6-5-24/h3-4,7-10,30H,2,5-6,11-12,24H2,1H3/b25-10+/t23-/m0/s1. The van der Waals surface area contributed by atoms with Gasteiger partial charge in [-0.3, -0.25) is 4.79 Å². The predicted molar refractivity (Wildman–Crippen MR) is 117 cm³/mol. The van der Waals surface area contributed by atoms with Crippen molar-refractivity contribution in [3.8, 4) is 11.4 Å². The summed E-state index contributed by atoms with van der Waals surface area (Å²) in [6.07, 6.45) is 1.72. The molecule has 2 aliphatic heterocycles. The Morgan fingerprint density at radius 2 is 2.19 bits per heavy atom. The maximum Gasteiger partial charge on any atom is 0.343 e. The first kappa shape index (κ1) is 20.3. The van der Waals surface area contributed by atoms with E-state index in [1.807, 2.05) is 24.3 Å². The molecule has 2 aromatic heterocycles. The van der Waals surface area contributed by atoms with Crippen LogP contribution in [-0.2, 0) is 33.1 Å². The smallest absolute Gasteiger partial charge is 0.343 e. The van der Waals surface area contributed by atoms with Gasteiger partial charge in [-0.25, -0.2) is 9.78 Å². The lowest BCUT2D eigenvalue weighted by atomic mass is 9.86. The van der Waals surface area contributed by atoms with Crippen LogP contribution >= 0.6 is 0 Å². The highest BCUT2D eigenvalue weighted by Crippen LogP contribution is 2.38. The molecular weight excluding hydrogens is 412 g/mol. The second kappa shape index (κ2) is 7.54. The van der Waals surface area contributed by atoms with E-state index in [2.05, 4.69) is 5.16 Å². The number of fused-ring (bicyclic) bond motifs is 5. The van der Waals surface area contributed by atoms with Crippen LogP contribution in [0.3, 0.4) is 0 Å². The van der Waals surface area contributed by atoms with E-state index in [0.29, 0.717) is 42.2 Å². The number of carbonyl (C=O) groups excluding carboxylic acids is 1. The lowest BCUT2D eigenvalue weighted by Crippen LogP contribution is -2.44. The van der Waals surface area contributed by atoms with Gasteiger partial charge < -0.3 is 25.0 Å². The summed E-state index contributed by atoms with van der Waals surface area (Å²) in [5, 5.41) is 15.7. The van der Waals surface area contributed by atoms with Gasteiger partial charge in [0.05, 0.1) is 35.2 Å². The molecule has 3 N–H and O–H groups in total. The zero-order valence-electron chi connectivity index (χ0n) is 17.5. The number of carbonyl (C=O) groups is 1. The molecule has 5 rings (SSSR count). The molecule has 0 unspecified atom stereocenters. The molecule has 4 heterocycles. The van der Waals surface area contributed by atoms with Crippen molar-refractivity contribution in [3.63, 3.8) is 0 Å². The number of hydrogen-bond acceptors (Lipinski definition) is 8. The van der Waals surface area contributed by atoms with Crippen molar-refractivity contribution in [2.75, 3.05) is 13.2 Å². The second-order valence-corrected chi connectivity index (χ2v) is 7.91. The number of pyridine rings is 2. The largest absolute Gasteiger partial charge is 0.458 e. The molecule has 0 radical (unpaired) electrons. The Kier molecular flexibility index (Phi) is 4.79. The van der Waals surface area contributed by atoms with Gasteiger partial charge in [-0.2, -0.15) is 0 Å². The highest BCUT2D eigenvalue weighted by Gasteiger charge is 2.45. The Bertz CT molecular complexity index is 1350. The van der Waals surface area contributed by atoms with Crippen LogP contribution in [0.1, 0.15) is 35.6 Å². The average Bonchev–Trinajstić information content (AvgIpc) is 3.16. The Labute approximate surface area is 183 Å². The lowest BCUT2D eigenvalue weighted by molar-refractivity contribution is -0.172. The molecule has 2 aliphatic rings. The number of ether oxygens (including phenoxy) is 1. The Hall–Kier alpha value is -3.56. The molecule has 0 spiro atoms. The zero-order valence-corrected chi connectivity index (χ0v) is 17.5. The Balaban J connectivity index is 1.60. The minimum atomic E-state index is -1.83. The van der Waals surface area contributed by atoms with Gasteiger partial charge in [0.1, 0.15) is 13.2 Å². The molecule has 9 heteroatoms. The molecule has 0 saturated heterocycles. The van der Waals surface area contributed by atoms with E-state index in [-0.39, 0.29) is 18.6 Å². The molecule has 0 saturated carbocycles. The summed E-state index contributed by atoms with van der Waals surface area (Å²) in [5.41, 5.74) is 7.65. The van der Waals surface area contributed by atoms with Gasteiger partial charge in [-0.05, 0) is 36.2 Å². The Morgan fingerprint density at radius 3 is 2.97 bits per heavy atom. The van der Waals surface area contributed by atoms with E-state index < -0.39 is 11.6 Å². The third-order valence-corrected chi connectivity index (χ3v) is 6.02. The van der Waals surface area contributed by atoms with E-state index in [1.54, 1.807) is 23.8 Å². The molecule has 1 aromatic carbocycles. The van der Waals surface area contributed by atoms with Crippen molar-refractivity contribution in [2.24, 2.45) is 10.9 Å². The van der Waals surface area contributed by atoms with Crippen LogP contribution in [0.2, 0.25) is 0 Å². The number of hydrogen-bond donors (Lipinski definition) is 2. The molecule has 0 aliphatic carbocycles. The first-order valence-electron chi connectivity index (χ1n) is 10.4. The normalized spacial score (nSPS) is 19.0. The van der Waals surface area contributed by atoms with Crippen LogP contribution in [-0.4, -0.2) is 40.0 Å². The monoisotopic (exact) mass is 434 g/mol. The predicted octanol–water partition coefficient (Wildman–Crippen LogP) is 1.39. The fraction of sp³-hybridized carbons (Fsp3) is 0.304. The van der Waals surface area contributed by atoms with E-state index in [1.165, 1.54) is 0 Å². The summed E-state index contributed by atoms with van der Waals surface area (Å²) in [5.74, 6) is -0.730. The average molecular weight is 434 g/mol. The molecule has 164 valence electrons. The summed E-state index contributed by atoms with van der Waals surface area (Å²) < 4.78 is 6.72. The molecule has 0 fully saturated rings. The van der Waals surface area contributed by atoms with Gasteiger partial charge in [0, 0.05) is 23.1 Å². The number of aromatic nitrogens is 2. The number of aliphatic hydroxyl groups is 1. The van der Waals surface area contributed by atoms with Crippen LogP contribution in [0, 0.1) is 0 Å². The van der Waals surface area contributed by atoms with Crippen molar-refractivity contribution in [1.29, 1.82) is 0 Å². The van der Waals surface area contributed by atoms with Crippen LogP contribution in [0.15, 0.2) is 40.3 Å². The molecule has 0 amide bonds. The highest BCUT2D eigenvalue weighted by molar-refractivity contribution is 5.91. The van der Waals surface area contributed by atoms with Gasteiger partial charge in [0.2, 0.25) is 0 Å². The van der Waals surface area contributed by atoms with Crippen LogP contribution < -0.4 is 11.3 Å². The maximum absolute atomic E-state index is 13.2. The van der Waals surface area contributed by atoms with Crippen molar-refractivity contribution >= 4 is 23.1 Å². The fourth-order valence-corrected chi connectivity index (χ4v) is 4.29. The molecule has 0 bridgehead atoms. The summed E-state index contributed by atoms with van der Waals surface area (Å²) in [6, 6.07) is 9.39. The number of benzene rings is 1. The number of oxime groups is 1. The van der Waals surface area contributed by atoms with Gasteiger partial charge >= 0.3 is 5.97 Å². The number of rotatable bonds is 5. The van der Waals surface area contributed by atoms with E-state index in [4.69, 9.17) is 20.3 Å². The van der Waals surface area contributed by atoms with Gasteiger partial charge in [-0.1, -0.05) is 18.1 Å². The zero-order chi connectivity index (χ0) is 22.5. The van der Waals surface area contributed by atoms with Crippen molar-refractivity contribution in [3.05, 3.63) is 62.9 Å². The van der Waals surface area contributed by atoms with Crippen molar-refractivity contribution in [2.45, 2.75) is 32.1 Å². The van der Waals surface area contributed by atoms with Crippen molar-refractivity contribution < 1.29 is 19.5 Å². The Morgan fingerprint density at radius 1 is 1.34 bits per heavy atom. The van der Waals surface area contributed by atoms with Crippen molar-refractivity contribution in [1.82, 2.24) is 9.55 Å². The number of cyclic esters (lactones) is 1. The molecule has 3 aromatic rings. The summed E-state index contributed by atoms with van der Waals surface area (Å²) in [4.78, 5) is 35.3. The molecule has 1 atom stereocenters. The summed E-state index contributed by atoms with van der Waals surface area (Å²) >= 11 is 0. The highest BCUT2D eigenvalue weighted by atomic mass is 16.6. The maximum atomic E-state index is 13.2. The van der Waals surface area contributed by atoms with Gasteiger partial charge in [0.25, 0.3) is 5.56 Å². The van der Waals surface area contributed by atoms with Crippen LogP contribution in [0.5, 0.6) is 0 Å². The summed E-state index contributed by atoms with van der Waals surface area (Å²) in [7, 11) is 0. The summed E-state index contributed by atoms with van der Waals surface area (Å²) in [6.45, 7) is 2.64. The quantitative estimate of drug-likeness (QED) is 0.210. The number of nitrogens with two attached hydrogens (primary N) is 1. The number of esters is 1. The van der Waals surface area contributed by atoms with Crippen LogP contribution in [0.4, 0.5) is 0 Å². The van der Waals surface area contributed by atoms with Gasteiger partial charge in [0.15, 0.2) is 5.60 Å². The minimum Gasteiger partial charge on any atom is -0.458 e. The third-order valence-electron chi connectivity index (χ3n) is 6.02. The SMILES string of the molecule is CC[C@@]1(O)C(=O)OCc2c1cc1n(c2=O)Cc2cc3cc(/C=N/OCCN)ccc3nc2-1. The van der Waals surface area contributed by atoms with E-state index in [9.17, 15) is 14.7 Å². The molecule has 9 nitrogen and oxygen atoms in total. The third kappa shape index (κ3) is 3.01. The minimum absolute atomic E-state index is 0.110. The first-order valence-corrected chi connectivity index (χ1v) is 10.4. The fourth-order valence-electron chi connectivity index (χ4n) is 4.29. The van der Waals surface area contributed by atoms with E-state index in [0.717, 1.165) is 22.0 Å². The van der Waals surface area contributed by atoms with Crippen LogP contribution in [0.25, 0.3) is 22.3 Å². The lowest BCUT2D eigenvalue weighted by Gasteiger charge is -2.31. The van der Waals surface area contributed by atoms with Gasteiger partial charge in [-0.15, -0.1) is 0 Å². The molecular formula is C23H22N4O5. The molecule has 32 heavy (non-hydrogen) atoms. The second-order valence-electron chi connectivity index (χ2n) is 7.91. The first-order chi connectivity index (χ1) is 15.5. The number of nitrogens with zero attached hydrogens (tertiary/aromatic N) is 3.